The first-order chi connectivity index (χ1) is 14.1. The topological polar surface area (TPSA) is 58.6 Å². The molecule has 0 bridgehead atoms. The van der Waals surface area contributed by atoms with E-state index in [-0.39, 0.29) is 17.4 Å². The number of amides is 2. The van der Waals surface area contributed by atoms with Crippen molar-refractivity contribution in [2.24, 2.45) is 11.8 Å². The third kappa shape index (κ3) is 4.44. The number of para-hydroxylation sites is 1. The molecule has 2 aliphatic heterocycles. The summed E-state index contributed by atoms with van der Waals surface area (Å²) >= 11 is 0. The predicted molar refractivity (Wildman–Crippen MR) is 111 cm³/mol. The lowest BCUT2D eigenvalue weighted by Gasteiger charge is -2.47. The zero-order valence-corrected chi connectivity index (χ0v) is 17.2. The number of carbonyl (C=O) groups is 2. The third-order valence-corrected chi connectivity index (χ3v) is 7.21. The number of ether oxygens (including phenoxy) is 1. The Morgan fingerprint density at radius 2 is 1.76 bits per heavy atom. The molecule has 5 heteroatoms. The summed E-state index contributed by atoms with van der Waals surface area (Å²) in [6, 6.07) is 8.19. The van der Waals surface area contributed by atoms with Gasteiger partial charge in [-0.3, -0.25) is 9.59 Å². The molecule has 4 aliphatic rings. The third-order valence-electron chi connectivity index (χ3n) is 7.21. The second-order valence-corrected chi connectivity index (χ2v) is 9.70. The van der Waals surface area contributed by atoms with Crippen molar-refractivity contribution < 1.29 is 14.3 Å². The van der Waals surface area contributed by atoms with Gasteiger partial charge >= 0.3 is 0 Å². The number of likely N-dealkylation sites (tertiary alicyclic amines) is 1. The lowest BCUT2D eigenvalue weighted by molar-refractivity contribution is -0.135. The van der Waals surface area contributed by atoms with E-state index in [0.717, 1.165) is 56.6 Å². The molecule has 1 spiro atoms. The quantitative estimate of drug-likeness (QED) is 0.799. The molecule has 2 saturated carbocycles. The van der Waals surface area contributed by atoms with Crippen molar-refractivity contribution in [1.29, 1.82) is 0 Å². The highest BCUT2D eigenvalue weighted by Crippen LogP contribution is 2.46. The summed E-state index contributed by atoms with van der Waals surface area (Å²) in [4.78, 5) is 27.1. The van der Waals surface area contributed by atoms with Crippen molar-refractivity contribution in [3.63, 3.8) is 0 Å². The van der Waals surface area contributed by atoms with Crippen LogP contribution in [0.4, 0.5) is 0 Å². The number of fused-ring (bicyclic) bond motifs is 1. The van der Waals surface area contributed by atoms with E-state index in [1.54, 1.807) is 0 Å². The lowest BCUT2D eigenvalue weighted by Crippen LogP contribution is -2.52. The van der Waals surface area contributed by atoms with Crippen LogP contribution in [0.2, 0.25) is 0 Å². The average Bonchev–Trinajstić information content (AvgIpc) is 3.63. The highest BCUT2D eigenvalue weighted by atomic mass is 16.5. The molecule has 5 nitrogen and oxygen atoms in total. The summed E-state index contributed by atoms with van der Waals surface area (Å²) in [5.41, 5.74) is 0.915. The number of rotatable bonds is 6. The number of piperidine rings is 1. The number of hydrogen-bond acceptors (Lipinski definition) is 3. The van der Waals surface area contributed by atoms with Gasteiger partial charge in [0.2, 0.25) is 11.8 Å². The molecular weight excluding hydrogens is 364 g/mol. The molecule has 1 saturated heterocycles. The second kappa shape index (κ2) is 7.66. The van der Waals surface area contributed by atoms with Crippen molar-refractivity contribution >= 4 is 11.8 Å². The van der Waals surface area contributed by atoms with E-state index in [1.165, 1.54) is 25.7 Å². The fourth-order valence-electron chi connectivity index (χ4n) is 4.97. The van der Waals surface area contributed by atoms with Crippen LogP contribution in [0, 0.1) is 11.8 Å². The van der Waals surface area contributed by atoms with Gasteiger partial charge in [0.1, 0.15) is 11.4 Å². The van der Waals surface area contributed by atoms with E-state index in [9.17, 15) is 9.59 Å². The molecule has 29 heavy (non-hydrogen) atoms. The Balaban J connectivity index is 1.25. The van der Waals surface area contributed by atoms with Crippen LogP contribution in [0.3, 0.4) is 0 Å². The van der Waals surface area contributed by atoms with Gasteiger partial charge in [0.05, 0.1) is 0 Å². The summed E-state index contributed by atoms with van der Waals surface area (Å²) in [5, 5.41) is 3.13. The minimum atomic E-state index is -0.244. The molecule has 2 aliphatic carbocycles. The fourth-order valence-corrected chi connectivity index (χ4v) is 4.97. The second-order valence-electron chi connectivity index (χ2n) is 9.70. The number of hydrogen-bond donors (Lipinski definition) is 1. The maximum Gasteiger partial charge on any atom is 0.222 e. The number of carbonyl (C=O) groups excluding carboxylic acids is 2. The van der Waals surface area contributed by atoms with E-state index in [4.69, 9.17) is 4.74 Å². The van der Waals surface area contributed by atoms with Gasteiger partial charge in [-0.2, -0.15) is 0 Å². The van der Waals surface area contributed by atoms with Crippen molar-refractivity contribution in [1.82, 2.24) is 10.2 Å². The van der Waals surface area contributed by atoms with Crippen molar-refractivity contribution in [3.05, 3.63) is 29.8 Å². The van der Waals surface area contributed by atoms with Crippen LogP contribution in [0.25, 0.3) is 0 Å². The van der Waals surface area contributed by atoms with Crippen molar-refractivity contribution in [3.8, 4) is 5.75 Å². The van der Waals surface area contributed by atoms with Gasteiger partial charge < -0.3 is 15.0 Å². The van der Waals surface area contributed by atoms with E-state index < -0.39 is 0 Å². The minimum Gasteiger partial charge on any atom is -0.487 e. The van der Waals surface area contributed by atoms with Gasteiger partial charge in [-0.05, 0) is 55.6 Å². The maximum atomic E-state index is 12.6. The number of benzene rings is 1. The van der Waals surface area contributed by atoms with Gasteiger partial charge in [-0.15, -0.1) is 0 Å². The molecule has 1 unspecified atom stereocenters. The predicted octanol–water partition coefficient (Wildman–Crippen LogP) is 3.63. The van der Waals surface area contributed by atoms with Crippen LogP contribution in [-0.4, -0.2) is 41.9 Å². The Morgan fingerprint density at radius 1 is 1.03 bits per heavy atom. The Labute approximate surface area is 173 Å². The lowest BCUT2D eigenvalue weighted by atomic mass is 9.76. The molecule has 1 N–H and O–H groups in total. The Hall–Kier alpha value is -2.04. The van der Waals surface area contributed by atoms with Crippen LogP contribution in [0.1, 0.15) is 69.3 Å². The fraction of sp³-hybridized carbons (Fsp3) is 0.667. The highest BCUT2D eigenvalue weighted by molar-refractivity contribution is 5.77. The van der Waals surface area contributed by atoms with Gasteiger partial charge in [-0.1, -0.05) is 18.2 Å². The normalized spacial score (nSPS) is 25.2. The molecule has 1 aromatic carbocycles. The standard InChI is InChI=1S/C24H32N2O3/c27-22(25-16-18-7-8-18)14-19-15-24(29-21-4-2-1-3-20(19)21)9-11-26(12-10-24)23(28)13-17-5-6-17/h1-4,17-19H,5-16H2,(H,25,27). The maximum absolute atomic E-state index is 12.6. The molecule has 156 valence electrons. The van der Waals surface area contributed by atoms with Crippen molar-refractivity contribution in [2.75, 3.05) is 19.6 Å². The van der Waals surface area contributed by atoms with Crippen molar-refractivity contribution in [2.45, 2.75) is 69.3 Å². The average molecular weight is 397 g/mol. The van der Waals surface area contributed by atoms with Crippen LogP contribution in [-0.2, 0) is 9.59 Å². The number of nitrogens with zero attached hydrogens (tertiary/aromatic N) is 1. The van der Waals surface area contributed by atoms with Crippen LogP contribution < -0.4 is 10.1 Å². The molecule has 3 fully saturated rings. The SMILES string of the molecule is O=C(CC1CC2(CCN(C(=O)CC3CC3)CC2)Oc2ccccc21)NCC1CC1. The Kier molecular flexibility index (Phi) is 5.00. The minimum absolute atomic E-state index is 0.158. The highest BCUT2D eigenvalue weighted by Gasteiger charge is 2.44. The van der Waals surface area contributed by atoms with Gasteiger partial charge in [-0.25, -0.2) is 0 Å². The summed E-state index contributed by atoms with van der Waals surface area (Å²) in [6.45, 7) is 2.37. The summed E-state index contributed by atoms with van der Waals surface area (Å²) < 4.78 is 6.53. The first-order valence-corrected chi connectivity index (χ1v) is 11.4. The summed E-state index contributed by atoms with van der Waals surface area (Å²) in [5.74, 6) is 2.92. The first kappa shape index (κ1) is 19.0. The van der Waals surface area contributed by atoms with Gasteiger partial charge in [0, 0.05) is 51.2 Å². The summed E-state index contributed by atoms with van der Waals surface area (Å²) in [7, 11) is 0. The zero-order chi connectivity index (χ0) is 19.8. The molecule has 0 aromatic heterocycles. The number of nitrogens with one attached hydrogen (secondary N) is 1. The Morgan fingerprint density at radius 3 is 2.48 bits per heavy atom. The van der Waals surface area contributed by atoms with Crippen LogP contribution in [0.15, 0.2) is 24.3 Å². The van der Waals surface area contributed by atoms with E-state index in [2.05, 4.69) is 11.4 Å². The smallest absolute Gasteiger partial charge is 0.222 e. The van der Waals surface area contributed by atoms with Crippen LogP contribution in [0.5, 0.6) is 5.75 Å². The van der Waals surface area contributed by atoms with E-state index in [0.29, 0.717) is 24.2 Å². The molecule has 5 rings (SSSR count). The largest absolute Gasteiger partial charge is 0.487 e. The van der Waals surface area contributed by atoms with Gasteiger partial charge in [0.25, 0.3) is 0 Å². The molecule has 1 atom stereocenters. The van der Waals surface area contributed by atoms with Crippen LogP contribution >= 0.6 is 0 Å². The zero-order valence-electron chi connectivity index (χ0n) is 17.2. The summed E-state index contributed by atoms with van der Waals surface area (Å²) in [6.07, 6.45) is 8.77. The Bertz CT molecular complexity index is 776. The first-order valence-electron chi connectivity index (χ1n) is 11.4. The van der Waals surface area contributed by atoms with Gasteiger partial charge in [0.15, 0.2) is 0 Å². The molecule has 2 amide bonds. The molecule has 0 radical (unpaired) electrons. The van der Waals surface area contributed by atoms with E-state index in [1.807, 2.05) is 23.1 Å². The molecular formula is C24H32N2O3. The monoisotopic (exact) mass is 396 g/mol. The molecule has 1 aromatic rings. The van der Waals surface area contributed by atoms with E-state index >= 15 is 0 Å². The molecule has 2 heterocycles.